The van der Waals surface area contributed by atoms with E-state index < -0.39 is 0 Å². The first-order valence-corrected chi connectivity index (χ1v) is 6.90. The maximum Gasteiger partial charge on any atom is 0.0953 e. The Bertz CT molecular complexity index is 528. The van der Waals surface area contributed by atoms with Crippen LogP contribution in [-0.4, -0.2) is 22.6 Å². The van der Waals surface area contributed by atoms with Gasteiger partial charge in [-0.25, -0.2) is 4.98 Å². The Morgan fingerprint density at radius 3 is 2.63 bits per heavy atom. The molecule has 2 aromatic rings. The monoisotopic (exact) mass is 257 g/mol. The first-order valence-electron chi connectivity index (χ1n) is 6.90. The van der Waals surface area contributed by atoms with Crippen LogP contribution in [0.15, 0.2) is 36.8 Å². The molecule has 0 amide bonds. The highest BCUT2D eigenvalue weighted by molar-refractivity contribution is 5.63. The van der Waals surface area contributed by atoms with Gasteiger partial charge in [-0.05, 0) is 39.8 Å². The van der Waals surface area contributed by atoms with Crippen LogP contribution in [0.25, 0.3) is 11.3 Å². The fraction of sp³-hybridized carbons (Fsp3) is 0.438. The van der Waals surface area contributed by atoms with Crippen molar-refractivity contribution in [3.8, 4) is 11.3 Å². The van der Waals surface area contributed by atoms with E-state index in [1.165, 1.54) is 16.8 Å². The van der Waals surface area contributed by atoms with Crippen LogP contribution in [0.1, 0.15) is 32.4 Å². The van der Waals surface area contributed by atoms with E-state index in [0.717, 1.165) is 6.42 Å². The third-order valence-electron chi connectivity index (χ3n) is 3.53. The van der Waals surface area contributed by atoms with Gasteiger partial charge < -0.3 is 9.88 Å². The minimum Gasteiger partial charge on any atom is -0.328 e. The first kappa shape index (κ1) is 13.8. The van der Waals surface area contributed by atoms with Crippen molar-refractivity contribution >= 4 is 0 Å². The predicted molar refractivity (Wildman–Crippen MR) is 80.3 cm³/mol. The van der Waals surface area contributed by atoms with Crippen LogP contribution < -0.4 is 5.32 Å². The van der Waals surface area contributed by atoms with E-state index in [-0.39, 0.29) is 0 Å². The highest BCUT2D eigenvalue weighted by atomic mass is 15.1. The second-order valence-corrected chi connectivity index (χ2v) is 5.33. The molecule has 3 nitrogen and oxygen atoms in total. The van der Waals surface area contributed by atoms with Gasteiger partial charge in [-0.2, -0.15) is 0 Å². The summed E-state index contributed by atoms with van der Waals surface area (Å²) in [6.45, 7) is 6.57. The molecule has 2 rings (SSSR count). The van der Waals surface area contributed by atoms with Gasteiger partial charge in [0.1, 0.15) is 0 Å². The molecule has 1 aromatic heterocycles. The maximum absolute atomic E-state index is 4.31. The van der Waals surface area contributed by atoms with Crippen molar-refractivity contribution in [1.82, 2.24) is 14.9 Å². The Morgan fingerprint density at radius 1 is 1.21 bits per heavy atom. The van der Waals surface area contributed by atoms with E-state index in [0.29, 0.717) is 12.1 Å². The summed E-state index contributed by atoms with van der Waals surface area (Å²) < 4.78 is 2.23. The Labute approximate surface area is 115 Å². The summed E-state index contributed by atoms with van der Waals surface area (Å²) in [5, 5.41) is 3.30. The fourth-order valence-corrected chi connectivity index (χ4v) is 2.30. The first-order chi connectivity index (χ1) is 9.13. The Morgan fingerprint density at radius 2 is 1.95 bits per heavy atom. The van der Waals surface area contributed by atoms with Crippen molar-refractivity contribution in [1.29, 1.82) is 0 Å². The number of aromatic nitrogens is 2. The number of rotatable bonds is 5. The molecule has 1 N–H and O–H groups in total. The SMILES string of the molecule is CNC(C)Cc1ccccc1-c1cncn1C(C)C. The highest BCUT2D eigenvalue weighted by Gasteiger charge is 2.12. The Balaban J connectivity index is 2.41. The van der Waals surface area contributed by atoms with Crippen molar-refractivity contribution in [3.63, 3.8) is 0 Å². The number of benzene rings is 1. The molecule has 0 fully saturated rings. The van der Waals surface area contributed by atoms with Gasteiger partial charge in [0.05, 0.1) is 18.2 Å². The normalized spacial score (nSPS) is 12.9. The zero-order valence-electron chi connectivity index (χ0n) is 12.2. The molecule has 0 aliphatic heterocycles. The number of nitrogens with zero attached hydrogens (tertiary/aromatic N) is 2. The lowest BCUT2D eigenvalue weighted by Gasteiger charge is -2.17. The van der Waals surface area contributed by atoms with Gasteiger partial charge >= 0.3 is 0 Å². The summed E-state index contributed by atoms with van der Waals surface area (Å²) in [5.41, 5.74) is 3.86. The van der Waals surface area contributed by atoms with Crippen LogP contribution in [0.2, 0.25) is 0 Å². The topological polar surface area (TPSA) is 29.9 Å². The van der Waals surface area contributed by atoms with Crippen LogP contribution >= 0.6 is 0 Å². The standard InChI is InChI=1S/C16H23N3/c1-12(2)19-11-18-10-16(19)15-8-6-5-7-14(15)9-13(3)17-4/h5-8,10-13,17H,9H2,1-4H3. The van der Waals surface area contributed by atoms with E-state index in [1.54, 1.807) is 0 Å². The lowest BCUT2D eigenvalue weighted by Crippen LogP contribution is -2.23. The summed E-state index contributed by atoms with van der Waals surface area (Å²) in [5.74, 6) is 0. The Kier molecular flexibility index (Phi) is 4.38. The van der Waals surface area contributed by atoms with Crippen molar-refractivity contribution in [2.45, 2.75) is 39.3 Å². The Hall–Kier alpha value is -1.61. The van der Waals surface area contributed by atoms with Crippen LogP contribution in [0.4, 0.5) is 0 Å². The summed E-state index contributed by atoms with van der Waals surface area (Å²) in [4.78, 5) is 4.31. The molecule has 0 aliphatic carbocycles. The maximum atomic E-state index is 4.31. The summed E-state index contributed by atoms with van der Waals surface area (Å²) in [6, 6.07) is 9.50. The summed E-state index contributed by atoms with van der Waals surface area (Å²) >= 11 is 0. The smallest absolute Gasteiger partial charge is 0.0953 e. The van der Waals surface area contributed by atoms with E-state index in [9.17, 15) is 0 Å². The number of likely N-dealkylation sites (N-methyl/N-ethyl adjacent to an activating group) is 1. The molecule has 102 valence electrons. The lowest BCUT2D eigenvalue weighted by atomic mass is 9.99. The van der Waals surface area contributed by atoms with Crippen molar-refractivity contribution < 1.29 is 0 Å². The average molecular weight is 257 g/mol. The zero-order chi connectivity index (χ0) is 13.8. The minimum atomic E-state index is 0.423. The van der Waals surface area contributed by atoms with E-state index in [2.05, 4.69) is 59.9 Å². The average Bonchev–Trinajstić information content (AvgIpc) is 2.88. The third-order valence-corrected chi connectivity index (χ3v) is 3.53. The van der Waals surface area contributed by atoms with Crippen molar-refractivity contribution in [2.24, 2.45) is 0 Å². The van der Waals surface area contributed by atoms with Gasteiger partial charge in [0.15, 0.2) is 0 Å². The molecule has 0 saturated carbocycles. The predicted octanol–water partition coefficient (Wildman–Crippen LogP) is 3.28. The molecule has 0 spiro atoms. The number of nitrogens with one attached hydrogen (secondary N) is 1. The molecular formula is C16H23N3. The summed E-state index contributed by atoms with van der Waals surface area (Å²) in [7, 11) is 2.01. The minimum absolute atomic E-state index is 0.423. The molecule has 0 saturated heterocycles. The molecule has 0 aliphatic rings. The largest absolute Gasteiger partial charge is 0.328 e. The highest BCUT2D eigenvalue weighted by Crippen LogP contribution is 2.26. The molecule has 1 atom stereocenters. The number of hydrogen-bond acceptors (Lipinski definition) is 2. The van der Waals surface area contributed by atoms with Gasteiger partial charge in [-0.1, -0.05) is 24.3 Å². The lowest BCUT2D eigenvalue weighted by molar-refractivity contribution is 0.599. The molecule has 1 aromatic carbocycles. The van der Waals surface area contributed by atoms with Gasteiger partial charge in [-0.3, -0.25) is 0 Å². The molecule has 0 bridgehead atoms. The molecule has 19 heavy (non-hydrogen) atoms. The molecule has 3 heteroatoms. The van der Waals surface area contributed by atoms with Crippen LogP contribution in [-0.2, 0) is 6.42 Å². The number of hydrogen-bond donors (Lipinski definition) is 1. The number of imidazole rings is 1. The molecule has 1 unspecified atom stereocenters. The van der Waals surface area contributed by atoms with Crippen LogP contribution in [0.3, 0.4) is 0 Å². The fourth-order valence-electron chi connectivity index (χ4n) is 2.30. The van der Waals surface area contributed by atoms with Gasteiger partial charge in [0.2, 0.25) is 0 Å². The third kappa shape index (κ3) is 3.04. The quantitative estimate of drug-likeness (QED) is 0.891. The molecule has 1 heterocycles. The second kappa shape index (κ2) is 6.02. The molecular weight excluding hydrogens is 234 g/mol. The summed E-state index contributed by atoms with van der Waals surface area (Å²) in [6.07, 6.45) is 4.90. The second-order valence-electron chi connectivity index (χ2n) is 5.33. The van der Waals surface area contributed by atoms with Crippen LogP contribution in [0, 0.1) is 0 Å². The molecule has 0 radical (unpaired) electrons. The van der Waals surface area contributed by atoms with Gasteiger partial charge in [-0.15, -0.1) is 0 Å². The van der Waals surface area contributed by atoms with E-state index in [4.69, 9.17) is 0 Å². The van der Waals surface area contributed by atoms with E-state index >= 15 is 0 Å². The zero-order valence-corrected chi connectivity index (χ0v) is 12.2. The van der Waals surface area contributed by atoms with Crippen molar-refractivity contribution in [2.75, 3.05) is 7.05 Å². The van der Waals surface area contributed by atoms with Gasteiger partial charge in [0, 0.05) is 17.6 Å². The van der Waals surface area contributed by atoms with Gasteiger partial charge in [0.25, 0.3) is 0 Å². The van der Waals surface area contributed by atoms with Crippen LogP contribution in [0.5, 0.6) is 0 Å². The van der Waals surface area contributed by atoms with Crippen molar-refractivity contribution in [3.05, 3.63) is 42.4 Å². The van der Waals surface area contributed by atoms with E-state index in [1.807, 2.05) is 19.6 Å².